The van der Waals surface area contributed by atoms with Gasteiger partial charge in [-0.2, -0.15) is 0 Å². The molecule has 0 radical (unpaired) electrons. The summed E-state index contributed by atoms with van der Waals surface area (Å²) in [5, 5.41) is 24.1. The van der Waals surface area contributed by atoms with Crippen LogP contribution in [-0.4, -0.2) is 34.8 Å². The molecule has 11 nitrogen and oxygen atoms in total. The Bertz CT molecular complexity index is 802. The van der Waals surface area contributed by atoms with Gasteiger partial charge in [-0.3, -0.25) is 0 Å². The standard InChI is InChI=1S/C13H13N7O4/c1-21-12-10(15-23-17-12)14-19-20(8-9-6-4-3-5-7-9)11-13(22-2)18-24-16-11/h3-7H,8H2,1-2H3. The summed E-state index contributed by atoms with van der Waals surface area (Å²) in [7, 11) is 2.87. The first-order valence-electron chi connectivity index (χ1n) is 6.78. The molecular formula is C13H13N7O4. The molecule has 2 aromatic heterocycles. The number of rotatable bonds is 7. The molecule has 0 spiro atoms. The van der Waals surface area contributed by atoms with Crippen LogP contribution in [0.2, 0.25) is 0 Å². The highest BCUT2D eigenvalue weighted by molar-refractivity contribution is 5.46. The number of aromatic nitrogens is 4. The Hall–Kier alpha value is -3.50. The Balaban J connectivity index is 1.90. The fraction of sp³-hybridized carbons (Fsp3) is 0.231. The maximum absolute atomic E-state index is 5.10. The average molecular weight is 331 g/mol. The molecule has 2 heterocycles. The number of ether oxygens (including phenoxy) is 2. The molecule has 124 valence electrons. The van der Waals surface area contributed by atoms with Crippen molar-refractivity contribution in [2.45, 2.75) is 6.54 Å². The minimum atomic E-state index is 0.0889. The van der Waals surface area contributed by atoms with Gasteiger partial charge in [0.15, 0.2) is 0 Å². The lowest BCUT2D eigenvalue weighted by molar-refractivity contribution is 0.281. The molecule has 0 N–H and O–H groups in total. The highest BCUT2D eigenvalue weighted by Gasteiger charge is 2.20. The summed E-state index contributed by atoms with van der Waals surface area (Å²) in [5.41, 5.74) is 0.965. The number of methoxy groups -OCH3 is 2. The Morgan fingerprint density at radius 2 is 1.67 bits per heavy atom. The molecule has 0 aliphatic rings. The minimum Gasteiger partial charge on any atom is -0.476 e. The van der Waals surface area contributed by atoms with Gasteiger partial charge in [0.25, 0.3) is 11.6 Å². The third-order valence-corrected chi connectivity index (χ3v) is 2.94. The molecule has 0 aliphatic heterocycles. The van der Waals surface area contributed by atoms with Gasteiger partial charge >= 0.3 is 11.8 Å². The van der Waals surface area contributed by atoms with Crippen molar-refractivity contribution in [1.82, 2.24) is 20.6 Å². The molecule has 0 saturated carbocycles. The molecule has 0 fully saturated rings. The third kappa shape index (κ3) is 3.29. The van der Waals surface area contributed by atoms with Gasteiger partial charge in [-0.1, -0.05) is 35.6 Å². The summed E-state index contributed by atoms with van der Waals surface area (Å²) in [6.07, 6.45) is 0. The Morgan fingerprint density at radius 3 is 2.42 bits per heavy atom. The van der Waals surface area contributed by atoms with Crippen LogP contribution in [0.4, 0.5) is 11.6 Å². The number of benzene rings is 1. The molecule has 0 bridgehead atoms. The van der Waals surface area contributed by atoms with E-state index in [1.165, 1.54) is 19.2 Å². The maximum Gasteiger partial charge on any atom is 0.304 e. The van der Waals surface area contributed by atoms with Crippen molar-refractivity contribution in [3.8, 4) is 11.8 Å². The monoisotopic (exact) mass is 331 g/mol. The van der Waals surface area contributed by atoms with E-state index in [0.29, 0.717) is 6.54 Å². The SMILES string of the molecule is COc1nonc1N=NN(Cc1ccccc1)c1nonc1OC. The molecule has 0 unspecified atom stereocenters. The second-order valence-corrected chi connectivity index (χ2v) is 4.43. The van der Waals surface area contributed by atoms with Crippen molar-refractivity contribution in [3.63, 3.8) is 0 Å². The van der Waals surface area contributed by atoms with Crippen LogP contribution in [0.5, 0.6) is 11.8 Å². The van der Waals surface area contributed by atoms with E-state index in [0.717, 1.165) is 5.56 Å². The number of nitrogens with zero attached hydrogens (tertiary/aromatic N) is 7. The predicted octanol–water partition coefficient (Wildman–Crippen LogP) is 2.18. The van der Waals surface area contributed by atoms with Gasteiger partial charge in [0.05, 0.1) is 20.8 Å². The zero-order chi connectivity index (χ0) is 16.8. The fourth-order valence-electron chi connectivity index (χ4n) is 1.83. The highest BCUT2D eigenvalue weighted by atomic mass is 16.6. The van der Waals surface area contributed by atoms with Crippen LogP contribution in [0.1, 0.15) is 5.56 Å². The molecule has 0 aliphatic carbocycles. The van der Waals surface area contributed by atoms with Gasteiger partial charge in [-0.15, -0.1) is 5.11 Å². The number of hydrogen-bond donors (Lipinski definition) is 0. The first kappa shape index (κ1) is 15.4. The summed E-state index contributed by atoms with van der Waals surface area (Å²) in [6.45, 7) is 0.350. The van der Waals surface area contributed by atoms with Crippen LogP contribution >= 0.6 is 0 Å². The Morgan fingerprint density at radius 1 is 0.958 bits per heavy atom. The summed E-state index contributed by atoms with van der Waals surface area (Å²) >= 11 is 0. The first-order valence-corrected chi connectivity index (χ1v) is 6.78. The predicted molar refractivity (Wildman–Crippen MR) is 78.8 cm³/mol. The van der Waals surface area contributed by atoms with Crippen molar-refractivity contribution in [3.05, 3.63) is 35.9 Å². The molecule has 11 heteroatoms. The fourth-order valence-corrected chi connectivity index (χ4v) is 1.83. The summed E-state index contributed by atoms with van der Waals surface area (Å²) in [4.78, 5) is 0. The quantitative estimate of drug-likeness (QED) is 0.473. The largest absolute Gasteiger partial charge is 0.476 e. The van der Waals surface area contributed by atoms with Crippen molar-refractivity contribution >= 4 is 11.6 Å². The zero-order valence-electron chi connectivity index (χ0n) is 12.9. The molecule has 24 heavy (non-hydrogen) atoms. The van der Waals surface area contributed by atoms with Crippen molar-refractivity contribution in [1.29, 1.82) is 0 Å². The van der Waals surface area contributed by atoms with Gasteiger partial charge in [0, 0.05) is 0 Å². The van der Waals surface area contributed by atoms with E-state index in [4.69, 9.17) is 14.1 Å². The molecule has 3 aromatic rings. The van der Waals surface area contributed by atoms with Crippen molar-refractivity contribution in [2.24, 2.45) is 10.3 Å². The minimum absolute atomic E-state index is 0.0889. The number of hydrogen-bond acceptors (Lipinski definition) is 10. The lowest BCUT2D eigenvalue weighted by Gasteiger charge is -2.14. The summed E-state index contributed by atoms with van der Waals surface area (Å²) < 4.78 is 19.3. The highest BCUT2D eigenvalue weighted by Crippen LogP contribution is 2.27. The van der Waals surface area contributed by atoms with Gasteiger partial charge < -0.3 is 9.47 Å². The van der Waals surface area contributed by atoms with E-state index in [1.807, 2.05) is 30.3 Å². The first-order chi connectivity index (χ1) is 11.8. The average Bonchev–Trinajstić information content (AvgIpc) is 3.28. The van der Waals surface area contributed by atoms with E-state index in [9.17, 15) is 0 Å². The van der Waals surface area contributed by atoms with Crippen LogP contribution in [0.25, 0.3) is 0 Å². The lowest BCUT2D eigenvalue weighted by atomic mass is 10.2. The van der Waals surface area contributed by atoms with Crippen LogP contribution in [0, 0.1) is 0 Å². The molecule has 0 amide bonds. The topological polar surface area (TPSA) is 124 Å². The molecule has 0 atom stereocenters. The van der Waals surface area contributed by atoms with Crippen LogP contribution in [-0.2, 0) is 6.54 Å². The van der Waals surface area contributed by atoms with Crippen LogP contribution in [0.15, 0.2) is 49.9 Å². The van der Waals surface area contributed by atoms with Gasteiger partial charge in [-0.25, -0.2) is 14.3 Å². The van der Waals surface area contributed by atoms with Crippen molar-refractivity contribution in [2.75, 3.05) is 19.2 Å². The van der Waals surface area contributed by atoms with E-state index in [-0.39, 0.29) is 23.4 Å². The van der Waals surface area contributed by atoms with E-state index >= 15 is 0 Å². The molecule has 3 rings (SSSR count). The molecule has 1 aromatic carbocycles. The second-order valence-electron chi connectivity index (χ2n) is 4.43. The van der Waals surface area contributed by atoms with Crippen LogP contribution < -0.4 is 14.5 Å². The van der Waals surface area contributed by atoms with Crippen LogP contribution in [0.3, 0.4) is 0 Å². The zero-order valence-corrected chi connectivity index (χ0v) is 12.9. The molecular weight excluding hydrogens is 318 g/mol. The summed E-state index contributed by atoms with van der Waals surface area (Å²) in [5.74, 6) is 0.644. The number of anilines is 1. The van der Waals surface area contributed by atoms with Gasteiger partial charge in [-0.05, 0) is 26.2 Å². The van der Waals surface area contributed by atoms with Gasteiger partial charge in [0.2, 0.25) is 0 Å². The summed E-state index contributed by atoms with van der Waals surface area (Å²) in [6, 6.07) is 9.60. The van der Waals surface area contributed by atoms with E-state index in [2.05, 4.69) is 35.6 Å². The normalized spacial score (nSPS) is 10.9. The van der Waals surface area contributed by atoms with E-state index in [1.54, 1.807) is 0 Å². The maximum atomic E-state index is 5.10. The van der Waals surface area contributed by atoms with Gasteiger partial charge in [0.1, 0.15) is 0 Å². The Labute approximate surface area is 135 Å². The van der Waals surface area contributed by atoms with E-state index < -0.39 is 0 Å². The van der Waals surface area contributed by atoms with Crippen molar-refractivity contribution < 1.29 is 18.7 Å². The smallest absolute Gasteiger partial charge is 0.304 e. The third-order valence-electron chi connectivity index (χ3n) is 2.94. The Kier molecular flexibility index (Phi) is 4.60. The lowest BCUT2D eigenvalue weighted by Crippen LogP contribution is -2.16. The second kappa shape index (κ2) is 7.17. The molecule has 0 saturated heterocycles.